The predicted molar refractivity (Wildman–Crippen MR) is 89.9 cm³/mol. The van der Waals surface area contributed by atoms with Crippen LogP contribution in [0.25, 0.3) is 0 Å². The van der Waals surface area contributed by atoms with Gasteiger partial charge in [0.25, 0.3) is 0 Å². The van der Waals surface area contributed by atoms with Crippen LogP contribution in [0.1, 0.15) is 25.1 Å². The van der Waals surface area contributed by atoms with Crippen LogP contribution in [0.15, 0.2) is 61.7 Å². The molecular formula is C16H21N3O3S. The largest absolute Gasteiger partial charge is 0.317 e. The standard InChI is InChI=1S/C16H21N3O3S/c1-3-4-8-14(2)16(19-12-11-17-13-19)23(20,21)22-18-15-9-6-5-7-10-15/h3,5-7,9-14,16,18H,1,4,8H2,2H3. The van der Waals surface area contributed by atoms with E-state index < -0.39 is 15.5 Å². The van der Waals surface area contributed by atoms with Crippen molar-refractivity contribution < 1.29 is 12.7 Å². The maximum atomic E-state index is 12.6. The van der Waals surface area contributed by atoms with Gasteiger partial charge < -0.3 is 4.57 Å². The molecule has 0 saturated heterocycles. The number of para-hydroxylation sites is 1. The van der Waals surface area contributed by atoms with Crippen molar-refractivity contribution in [3.05, 3.63) is 61.7 Å². The Morgan fingerprint density at radius 2 is 2.13 bits per heavy atom. The molecule has 2 unspecified atom stereocenters. The van der Waals surface area contributed by atoms with E-state index in [2.05, 4.69) is 17.0 Å². The lowest BCUT2D eigenvalue weighted by atomic mass is 10.1. The lowest BCUT2D eigenvalue weighted by Crippen LogP contribution is -2.28. The number of benzene rings is 1. The van der Waals surface area contributed by atoms with Gasteiger partial charge in [0.05, 0.1) is 12.0 Å². The van der Waals surface area contributed by atoms with Gasteiger partial charge >= 0.3 is 10.1 Å². The second kappa shape index (κ2) is 7.94. The summed E-state index contributed by atoms with van der Waals surface area (Å²) in [4.78, 5) is 3.94. The van der Waals surface area contributed by atoms with E-state index in [0.29, 0.717) is 12.1 Å². The fourth-order valence-electron chi connectivity index (χ4n) is 2.33. The average molecular weight is 335 g/mol. The quantitative estimate of drug-likeness (QED) is 0.562. The van der Waals surface area contributed by atoms with Crippen molar-refractivity contribution in [2.75, 3.05) is 5.48 Å². The zero-order chi connectivity index (χ0) is 16.7. The van der Waals surface area contributed by atoms with Gasteiger partial charge in [-0.2, -0.15) is 8.42 Å². The normalized spacial score (nSPS) is 14.1. The maximum absolute atomic E-state index is 12.6. The van der Waals surface area contributed by atoms with Crippen LogP contribution >= 0.6 is 0 Å². The molecule has 7 heteroatoms. The fourth-order valence-corrected chi connectivity index (χ4v) is 3.77. The Kier molecular flexibility index (Phi) is 5.95. The van der Waals surface area contributed by atoms with Gasteiger partial charge in [-0.3, -0.25) is 0 Å². The second-order valence-electron chi connectivity index (χ2n) is 5.29. The fraction of sp³-hybridized carbons (Fsp3) is 0.312. The van der Waals surface area contributed by atoms with Gasteiger partial charge in [-0.15, -0.1) is 10.9 Å². The first kappa shape index (κ1) is 17.2. The summed E-state index contributed by atoms with van der Waals surface area (Å²) in [7, 11) is -3.90. The highest BCUT2D eigenvalue weighted by atomic mass is 32.2. The first-order valence-electron chi connectivity index (χ1n) is 7.36. The predicted octanol–water partition coefficient (Wildman–Crippen LogP) is 3.36. The topological polar surface area (TPSA) is 73.2 Å². The zero-order valence-corrected chi connectivity index (χ0v) is 13.8. The minimum Gasteiger partial charge on any atom is -0.317 e. The molecule has 1 heterocycles. The summed E-state index contributed by atoms with van der Waals surface area (Å²) in [5, 5.41) is -0.860. The van der Waals surface area contributed by atoms with Crippen LogP contribution in [0.3, 0.4) is 0 Å². The monoisotopic (exact) mass is 335 g/mol. The first-order valence-corrected chi connectivity index (χ1v) is 8.83. The Morgan fingerprint density at radius 1 is 1.39 bits per heavy atom. The molecular weight excluding hydrogens is 314 g/mol. The number of rotatable bonds is 9. The SMILES string of the molecule is C=CCCC(C)C(n1ccnc1)S(=O)(=O)ONc1ccccc1. The van der Waals surface area contributed by atoms with Crippen molar-refractivity contribution >= 4 is 15.8 Å². The molecule has 0 aliphatic carbocycles. The lowest BCUT2D eigenvalue weighted by molar-refractivity contribution is 0.332. The molecule has 23 heavy (non-hydrogen) atoms. The minimum atomic E-state index is -3.90. The summed E-state index contributed by atoms with van der Waals surface area (Å²) in [6.07, 6.45) is 7.84. The highest BCUT2D eigenvalue weighted by molar-refractivity contribution is 7.86. The molecule has 2 rings (SSSR count). The molecule has 0 spiro atoms. The van der Waals surface area contributed by atoms with E-state index in [4.69, 9.17) is 4.28 Å². The molecule has 1 aromatic carbocycles. The van der Waals surface area contributed by atoms with Gasteiger partial charge in [0.15, 0.2) is 5.37 Å². The van der Waals surface area contributed by atoms with Crippen molar-refractivity contribution in [1.29, 1.82) is 0 Å². The number of nitrogens with one attached hydrogen (secondary N) is 1. The summed E-state index contributed by atoms with van der Waals surface area (Å²) in [5.41, 5.74) is 3.07. The lowest BCUT2D eigenvalue weighted by Gasteiger charge is -2.24. The van der Waals surface area contributed by atoms with Crippen LogP contribution in [0.2, 0.25) is 0 Å². The average Bonchev–Trinajstić information content (AvgIpc) is 3.06. The Morgan fingerprint density at radius 3 is 2.74 bits per heavy atom. The molecule has 0 amide bonds. The number of aromatic nitrogens is 2. The summed E-state index contributed by atoms with van der Waals surface area (Å²) < 4.78 is 31.9. The van der Waals surface area contributed by atoms with E-state index in [1.54, 1.807) is 47.3 Å². The summed E-state index contributed by atoms with van der Waals surface area (Å²) in [6, 6.07) is 8.87. The number of hydrogen-bond acceptors (Lipinski definition) is 5. The summed E-state index contributed by atoms with van der Waals surface area (Å²) in [5.74, 6) is -0.162. The smallest absolute Gasteiger partial charge is 0.309 e. The highest BCUT2D eigenvalue weighted by Gasteiger charge is 2.33. The van der Waals surface area contributed by atoms with Crippen molar-refractivity contribution in [2.24, 2.45) is 5.92 Å². The van der Waals surface area contributed by atoms with Crippen molar-refractivity contribution in [2.45, 2.75) is 25.1 Å². The van der Waals surface area contributed by atoms with E-state index in [-0.39, 0.29) is 5.92 Å². The molecule has 2 aromatic rings. The van der Waals surface area contributed by atoms with E-state index in [9.17, 15) is 8.42 Å². The van der Waals surface area contributed by atoms with Gasteiger partial charge in [-0.05, 0) is 30.9 Å². The molecule has 6 nitrogen and oxygen atoms in total. The van der Waals surface area contributed by atoms with Gasteiger partial charge in [-0.25, -0.2) is 10.5 Å². The summed E-state index contributed by atoms with van der Waals surface area (Å²) in [6.45, 7) is 5.55. The van der Waals surface area contributed by atoms with Gasteiger partial charge in [0, 0.05) is 12.4 Å². The molecule has 124 valence electrons. The molecule has 0 aliphatic heterocycles. The number of anilines is 1. The zero-order valence-electron chi connectivity index (χ0n) is 13.0. The number of imidazole rings is 1. The van der Waals surface area contributed by atoms with Crippen molar-refractivity contribution in [3.8, 4) is 0 Å². The minimum absolute atomic E-state index is 0.162. The van der Waals surface area contributed by atoms with Gasteiger partial charge in [0.1, 0.15) is 0 Å². The summed E-state index contributed by atoms with van der Waals surface area (Å²) >= 11 is 0. The van der Waals surface area contributed by atoms with Crippen LogP contribution in [-0.2, 0) is 14.4 Å². The second-order valence-corrected chi connectivity index (χ2v) is 6.92. The van der Waals surface area contributed by atoms with Crippen LogP contribution in [0.4, 0.5) is 5.69 Å². The highest BCUT2D eigenvalue weighted by Crippen LogP contribution is 2.29. The van der Waals surface area contributed by atoms with E-state index in [1.165, 1.54) is 6.33 Å². The van der Waals surface area contributed by atoms with Crippen LogP contribution < -0.4 is 5.48 Å². The Bertz CT molecular complexity index is 699. The third-order valence-corrected chi connectivity index (χ3v) is 5.09. The van der Waals surface area contributed by atoms with Crippen molar-refractivity contribution in [1.82, 2.24) is 9.55 Å². The third kappa shape index (κ3) is 4.67. The van der Waals surface area contributed by atoms with Crippen LogP contribution in [-0.4, -0.2) is 18.0 Å². The van der Waals surface area contributed by atoms with E-state index in [0.717, 1.165) is 6.42 Å². The van der Waals surface area contributed by atoms with Crippen LogP contribution in [0.5, 0.6) is 0 Å². The molecule has 0 radical (unpaired) electrons. The Balaban J connectivity index is 2.17. The van der Waals surface area contributed by atoms with Crippen LogP contribution in [0, 0.1) is 5.92 Å². The maximum Gasteiger partial charge on any atom is 0.309 e. The van der Waals surface area contributed by atoms with Gasteiger partial charge in [0.2, 0.25) is 0 Å². The molecule has 0 bridgehead atoms. The third-order valence-electron chi connectivity index (χ3n) is 3.48. The first-order chi connectivity index (χ1) is 11.0. The number of allylic oxidation sites excluding steroid dienone is 1. The molecule has 1 aromatic heterocycles. The molecule has 2 atom stereocenters. The molecule has 0 saturated carbocycles. The molecule has 0 fully saturated rings. The van der Waals surface area contributed by atoms with E-state index in [1.807, 2.05) is 13.0 Å². The number of nitrogens with zero attached hydrogens (tertiary/aromatic N) is 2. The van der Waals surface area contributed by atoms with Crippen molar-refractivity contribution in [3.63, 3.8) is 0 Å². The van der Waals surface area contributed by atoms with E-state index >= 15 is 0 Å². The Hall–Kier alpha value is -2.12. The van der Waals surface area contributed by atoms with Gasteiger partial charge in [-0.1, -0.05) is 31.2 Å². The Labute approximate surface area is 136 Å². The molecule has 0 aliphatic rings. The number of hydrogen-bond donors (Lipinski definition) is 1. The molecule has 1 N–H and O–H groups in total.